The van der Waals surface area contributed by atoms with Crippen LogP contribution in [0.2, 0.25) is 0 Å². The Balaban J connectivity index is 1.94. The fraction of sp³-hybridized carbons (Fsp3) is 0.429. The van der Waals surface area contributed by atoms with Crippen molar-refractivity contribution in [3.8, 4) is 11.6 Å². The lowest BCUT2D eigenvalue weighted by molar-refractivity contribution is -0.255. The van der Waals surface area contributed by atoms with E-state index in [1.54, 1.807) is 6.08 Å². The summed E-state index contributed by atoms with van der Waals surface area (Å²) < 4.78 is 97.0. The summed E-state index contributed by atoms with van der Waals surface area (Å²) in [4.78, 5) is 18.2. The number of anilines is 2. The molecule has 0 bridgehead atoms. The summed E-state index contributed by atoms with van der Waals surface area (Å²) in [5, 5.41) is 20.2. The number of carbonyl (C=O) groups excluding carboxylic acids is 1. The Morgan fingerprint density at radius 3 is 2.50 bits per heavy atom. The SMILES string of the molecule is C=CC[C@@H]1CCCN1c1nc(-c2nnc(C(O)(c3cccc(Br)c3)C(F)(F)F)o2)c(NC(=O)OC(C)(C)C)cc1C(F)(F)F. The third-order valence-electron chi connectivity index (χ3n) is 6.62. The number of pyridine rings is 1. The van der Waals surface area contributed by atoms with Crippen LogP contribution in [0, 0.1) is 0 Å². The van der Waals surface area contributed by atoms with Crippen LogP contribution in [-0.4, -0.2) is 50.7 Å². The quantitative estimate of drug-likeness (QED) is 0.192. The van der Waals surface area contributed by atoms with Gasteiger partial charge in [0.05, 0.1) is 5.69 Å². The molecule has 3 heterocycles. The highest BCUT2D eigenvalue weighted by molar-refractivity contribution is 9.10. The third kappa shape index (κ3) is 6.85. The molecule has 9 nitrogen and oxygen atoms in total. The van der Waals surface area contributed by atoms with Crippen molar-refractivity contribution in [2.24, 2.45) is 0 Å². The topological polar surface area (TPSA) is 114 Å². The van der Waals surface area contributed by atoms with Crippen LogP contribution in [0.1, 0.15) is 57.1 Å². The van der Waals surface area contributed by atoms with E-state index in [1.165, 1.54) is 37.8 Å². The zero-order valence-electron chi connectivity index (χ0n) is 23.7. The van der Waals surface area contributed by atoms with Crippen molar-refractivity contribution in [1.82, 2.24) is 15.2 Å². The van der Waals surface area contributed by atoms with Gasteiger partial charge in [0.1, 0.15) is 17.0 Å². The number of hydrogen-bond acceptors (Lipinski definition) is 8. The number of halogens is 7. The van der Waals surface area contributed by atoms with Gasteiger partial charge in [-0.3, -0.25) is 5.32 Å². The first-order chi connectivity index (χ1) is 20.3. The van der Waals surface area contributed by atoms with Crippen molar-refractivity contribution in [3.05, 3.63) is 64.5 Å². The number of rotatable bonds is 7. The van der Waals surface area contributed by atoms with Crippen molar-refractivity contribution in [2.75, 3.05) is 16.8 Å². The first kappa shape index (κ1) is 33.2. The molecule has 0 aliphatic carbocycles. The van der Waals surface area contributed by atoms with Gasteiger partial charge in [0.15, 0.2) is 5.69 Å². The molecule has 1 saturated heterocycles. The Morgan fingerprint density at radius 1 is 1.20 bits per heavy atom. The number of benzene rings is 1. The molecule has 4 rings (SSSR count). The van der Waals surface area contributed by atoms with Crippen LogP contribution in [0.25, 0.3) is 11.6 Å². The molecule has 2 atom stereocenters. The number of amides is 1. The number of nitrogens with zero attached hydrogens (tertiary/aromatic N) is 4. The lowest BCUT2D eigenvalue weighted by Gasteiger charge is -2.29. The Labute approximate surface area is 256 Å². The molecule has 2 N–H and O–H groups in total. The maximum absolute atomic E-state index is 14.4. The molecule has 0 saturated carbocycles. The minimum Gasteiger partial charge on any atom is -0.444 e. The van der Waals surface area contributed by atoms with E-state index in [4.69, 9.17) is 9.15 Å². The van der Waals surface area contributed by atoms with Gasteiger partial charge in [0, 0.05) is 22.6 Å². The Bertz CT molecular complexity index is 1540. The van der Waals surface area contributed by atoms with Crippen LogP contribution in [0.4, 0.5) is 42.6 Å². The molecule has 2 aromatic heterocycles. The average Bonchev–Trinajstić information content (AvgIpc) is 3.56. The van der Waals surface area contributed by atoms with E-state index < -0.39 is 75.8 Å². The first-order valence-corrected chi connectivity index (χ1v) is 14.0. The number of nitrogens with one attached hydrogen (secondary N) is 1. The molecule has 0 spiro atoms. The first-order valence-electron chi connectivity index (χ1n) is 13.2. The molecular formula is C28H28BrF6N5O4. The molecule has 1 aromatic carbocycles. The van der Waals surface area contributed by atoms with Crippen molar-refractivity contribution in [1.29, 1.82) is 0 Å². The molecule has 16 heteroatoms. The standard InChI is InChI=1S/C28H28BrF6N5O4/c1-5-8-17-11-7-12-40(17)21-18(27(30,31)32)14-19(36-24(41)44-25(2,3)4)20(37-21)22-38-39-23(43-22)26(42,28(33,34)35)15-9-6-10-16(29)13-15/h5-6,9-10,13-14,17,42H,1,7-8,11-12H2,2-4H3,(H,36,41)/t17-,26?/m1/s1. The van der Waals surface area contributed by atoms with E-state index in [0.29, 0.717) is 25.3 Å². The van der Waals surface area contributed by atoms with E-state index in [-0.39, 0.29) is 11.0 Å². The minimum absolute atomic E-state index is 0.193. The second-order valence-electron chi connectivity index (χ2n) is 11.0. The second-order valence-corrected chi connectivity index (χ2v) is 11.9. The molecule has 1 aliphatic rings. The number of ether oxygens (including phenoxy) is 1. The predicted molar refractivity (Wildman–Crippen MR) is 151 cm³/mol. The fourth-order valence-corrected chi connectivity index (χ4v) is 5.14. The van der Waals surface area contributed by atoms with Gasteiger partial charge in [0.2, 0.25) is 0 Å². The maximum atomic E-state index is 14.4. The highest BCUT2D eigenvalue weighted by atomic mass is 79.9. The largest absolute Gasteiger partial charge is 0.444 e. The lowest BCUT2D eigenvalue weighted by atomic mass is 9.93. The summed E-state index contributed by atoms with van der Waals surface area (Å²) in [5.74, 6) is -2.67. The summed E-state index contributed by atoms with van der Waals surface area (Å²) in [7, 11) is 0. The second kappa shape index (κ2) is 12.0. The molecule has 1 fully saturated rings. The van der Waals surface area contributed by atoms with Gasteiger partial charge < -0.3 is 19.2 Å². The van der Waals surface area contributed by atoms with Gasteiger partial charge in [0.25, 0.3) is 17.4 Å². The van der Waals surface area contributed by atoms with Crippen LogP contribution in [0.3, 0.4) is 0 Å². The predicted octanol–water partition coefficient (Wildman–Crippen LogP) is 7.60. The molecule has 44 heavy (non-hydrogen) atoms. The molecule has 238 valence electrons. The zero-order valence-corrected chi connectivity index (χ0v) is 25.3. The Morgan fingerprint density at radius 2 is 1.91 bits per heavy atom. The Hall–Kier alpha value is -3.66. The van der Waals surface area contributed by atoms with Crippen LogP contribution in [0.5, 0.6) is 0 Å². The maximum Gasteiger partial charge on any atom is 0.430 e. The van der Waals surface area contributed by atoms with Crippen molar-refractivity contribution in [3.63, 3.8) is 0 Å². The highest BCUT2D eigenvalue weighted by Gasteiger charge is 2.60. The number of aromatic nitrogens is 3. The molecule has 3 aromatic rings. The van der Waals surface area contributed by atoms with E-state index in [9.17, 15) is 36.2 Å². The van der Waals surface area contributed by atoms with Crippen LogP contribution in [0.15, 0.2) is 51.9 Å². The molecule has 0 radical (unpaired) electrons. The summed E-state index contributed by atoms with van der Waals surface area (Å²) in [6.45, 7) is 8.41. The van der Waals surface area contributed by atoms with E-state index in [2.05, 4.69) is 43.0 Å². The van der Waals surface area contributed by atoms with Crippen molar-refractivity contribution >= 4 is 33.5 Å². The molecule has 1 amide bonds. The smallest absolute Gasteiger partial charge is 0.430 e. The molecular weight excluding hydrogens is 664 g/mol. The van der Waals surface area contributed by atoms with Crippen molar-refractivity contribution in [2.45, 2.75) is 69.6 Å². The fourth-order valence-electron chi connectivity index (χ4n) is 4.74. The average molecular weight is 692 g/mol. The molecule has 1 unspecified atom stereocenters. The monoisotopic (exact) mass is 691 g/mol. The number of carbonyl (C=O) groups is 1. The van der Waals surface area contributed by atoms with Gasteiger partial charge in [-0.2, -0.15) is 26.3 Å². The van der Waals surface area contributed by atoms with E-state index in [1.807, 2.05) is 0 Å². The lowest BCUT2D eigenvalue weighted by Crippen LogP contribution is -2.43. The summed E-state index contributed by atoms with van der Waals surface area (Å²) >= 11 is 3.06. The van der Waals surface area contributed by atoms with Gasteiger partial charge >= 0.3 is 18.4 Å². The summed E-state index contributed by atoms with van der Waals surface area (Å²) in [5.41, 5.74) is -7.94. The van der Waals surface area contributed by atoms with Crippen LogP contribution < -0.4 is 10.2 Å². The molecule has 1 aliphatic heterocycles. The van der Waals surface area contributed by atoms with Gasteiger partial charge in [-0.15, -0.1) is 16.8 Å². The van der Waals surface area contributed by atoms with Crippen LogP contribution >= 0.6 is 15.9 Å². The van der Waals surface area contributed by atoms with Crippen LogP contribution in [-0.2, 0) is 16.5 Å². The third-order valence-corrected chi connectivity index (χ3v) is 7.11. The number of hydrogen-bond donors (Lipinski definition) is 2. The normalized spacial score (nSPS) is 17.3. The number of aliphatic hydroxyl groups is 1. The summed E-state index contributed by atoms with van der Waals surface area (Å²) in [6, 6.07) is 4.84. The zero-order chi connectivity index (χ0) is 32.7. The van der Waals surface area contributed by atoms with E-state index in [0.717, 1.165) is 12.1 Å². The van der Waals surface area contributed by atoms with Gasteiger partial charge in [-0.25, -0.2) is 9.78 Å². The minimum atomic E-state index is -5.37. The van der Waals surface area contributed by atoms with Gasteiger partial charge in [-0.05, 0) is 58.2 Å². The van der Waals surface area contributed by atoms with Gasteiger partial charge in [-0.1, -0.05) is 34.1 Å². The van der Waals surface area contributed by atoms with E-state index >= 15 is 0 Å². The number of alkyl halides is 6. The Kier molecular flexibility index (Phi) is 9.09. The summed E-state index contributed by atoms with van der Waals surface area (Å²) in [6.07, 6.45) is -8.53. The highest BCUT2D eigenvalue weighted by Crippen LogP contribution is 2.46. The van der Waals surface area contributed by atoms with Crippen molar-refractivity contribution < 1.29 is 45.4 Å².